The summed E-state index contributed by atoms with van der Waals surface area (Å²) in [5.41, 5.74) is 11.4. The molecule has 0 aliphatic carbocycles. The van der Waals surface area contributed by atoms with Gasteiger partial charge >= 0.3 is 0 Å². The number of rotatable bonds is 15. The van der Waals surface area contributed by atoms with Crippen LogP contribution in [0.3, 0.4) is 0 Å². The van der Waals surface area contributed by atoms with Gasteiger partial charge in [-0.25, -0.2) is 15.0 Å². The second kappa shape index (κ2) is 24.3. The third-order valence-corrected chi connectivity index (χ3v) is 17.3. The second-order valence-electron chi connectivity index (χ2n) is 23.1. The fourth-order valence-electron chi connectivity index (χ4n) is 13.2. The van der Waals surface area contributed by atoms with Crippen molar-refractivity contribution in [2.45, 2.75) is 62.4 Å². The van der Waals surface area contributed by atoms with Crippen molar-refractivity contribution >= 4 is 136 Å². The molecule has 9 N–H and O–H groups in total. The number of nitrogens with two attached hydrogens (primary N) is 1. The van der Waals surface area contributed by atoms with E-state index in [1.54, 1.807) is 121 Å². The lowest BCUT2D eigenvalue weighted by atomic mass is 10.0. The molecule has 24 heteroatoms. The number of fused-ring (bicyclic) bond motifs is 8. The Kier molecular flexibility index (Phi) is 15.6. The number of carbonyl (C=O) groups is 10. The van der Waals surface area contributed by atoms with Gasteiger partial charge < -0.3 is 57.3 Å². The Balaban J connectivity index is 0.724. The van der Waals surface area contributed by atoms with Gasteiger partial charge in [0.15, 0.2) is 0 Å². The van der Waals surface area contributed by atoms with E-state index < -0.39 is 115 Å². The van der Waals surface area contributed by atoms with E-state index >= 15 is 0 Å². The lowest BCUT2D eigenvalue weighted by Gasteiger charge is -2.26. The fourth-order valence-corrected chi connectivity index (χ4v) is 13.2. The molecule has 458 valence electrons. The van der Waals surface area contributed by atoms with Crippen molar-refractivity contribution in [3.05, 3.63) is 162 Å². The van der Waals surface area contributed by atoms with Gasteiger partial charge in [0.25, 0.3) is 17.7 Å². The van der Waals surface area contributed by atoms with Gasteiger partial charge in [-0.3, -0.25) is 47.9 Å². The van der Waals surface area contributed by atoms with Crippen LogP contribution < -0.4 is 37.6 Å². The normalized spacial score (nSPS) is 18.9. The molecule has 91 heavy (non-hydrogen) atoms. The van der Waals surface area contributed by atoms with Gasteiger partial charge in [0.1, 0.15) is 18.1 Å². The van der Waals surface area contributed by atoms with Crippen LogP contribution in [0.25, 0.3) is 76.5 Å². The molecule has 0 spiro atoms. The van der Waals surface area contributed by atoms with E-state index in [-0.39, 0.29) is 50.0 Å². The van der Waals surface area contributed by atoms with Crippen LogP contribution in [0.4, 0.5) is 0 Å². The predicted octanol–water partition coefficient (Wildman–Crippen LogP) is 3.62. The maximum atomic E-state index is 14.8. The van der Waals surface area contributed by atoms with Crippen molar-refractivity contribution in [2.75, 3.05) is 39.3 Å². The summed E-state index contributed by atoms with van der Waals surface area (Å²) < 4.78 is 0. The Morgan fingerprint density at radius 3 is 1.16 bits per heavy atom. The van der Waals surface area contributed by atoms with Crippen LogP contribution in [-0.4, -0.2) is 169 Å². The van der Waals surface area contributed by atoms with Crippen molar-refractivity contribution in [1.82, 2.24) is 66.5 Å². The number of hydrogen-bond acceptors (Lipinski definition) is 13. The average molecular weight is 1220 g/mol. The van der Waals surface area contributed by atoms with E-state index in [4.69, 9.17) is 20.7 Å². The highest BCUT2D eigenvalue weighted by Crippen LogP contribution is 2.33. The monoisotopic (exact) mass is 1220 g/mol. The largest absolute Gasteiger partial charge is 0.368 e. The standard InChI is InChI=1S/C67H60N14O10/c1-35(82)72-36-27-52(80(32-36)55(84)30-69-65(89)57-39-14-2-8-20-45(39)75-46-21-9-3-15-40(46)57)63(87)74-38-28-53(81(34-38)56(85)31-70-66(90)58-41-16-4-10-22-47(41)76-48-23-11-5-17-42(48)58)64(88)73-37-26-51(62(68)86)79(33-37)54(83)29-71-67(91)59-43-18-6-12-24-49(43)77-60-44-19-7-13-25-50(44)78-61(59)60/h2-25,36-38,51-53,78H,26-34H2,1H3,(H2,68,86)(H,69,89)(H,70,90)(H,71,91)(H,72,82)(H,73,88)(H,74,87)/t36-,37-,38-,51-,52-,53-/m0/s1. The summed E-state index contributed by atoms with van der Waals surface area (Å²) in [6.45, 7) is -0.864. The second-order valence-corrected chi connectivity index (χ2v) is 23.1. The molecule has 3 fully saturated rings. The molecule has 0 radical (unpaired) electrons. The van der Waals surface area contributed by atoms with Crippen molar-refractivity contribution in [1.29, 1.82) is 0 Å². The molecule has 0 saturated carbocycles. The molecule has 3 aliphatic heterocycles. The van der Waals surface area contributed by atoms with Crippen molar-refractivity contribution < 1.29 is 47.9 Å². The van der Waals surface area contributed by atoms with Gasteiger partial charge in [0.05, 0.1) is 74.9 Å². The van der Waals surface area contributed by atoms with E-state index in [0.29, 0.717) is 71.1 Å². The maximum Gasteiger partial charge on any atom is 0.254 e. The minimum atomic E-state index is -1.30. The number of nitrogens with zero attached hydrogens (tertiary/aromatic N) is 6. The molecule has 13 rings (SSSR count). The van der Waals surface area contributed by atoms with Crippen LogP contribution >= 0.6 is 0 Å². The molecule has 4 aromatic heterocycles. The quantitative estimate of drug-likeness (QED) is 0.0681. The van der Waals surface area contributed by atoms with Gasteiger partial charge in [-0.2, -0.15) is 0 Å². The fraction of sp³-hybridized carbons (Fsp3) is 0.239. The maximum absolute atomic E-state index is 14.8. The zero-order chi connectivity index (χ0) is 63.2. The SMILES string of the molecule is CC(=O)N[C@H]1C[C@@H](C(=O)N[C@H]2C[C@@H](C(=O)N[C@H]3C[C@@H](C(N)=O)N(C(=O)CNC(=O)c4c5ccccc5nc5c4[nH]c4ccccc45)C3)N(C(=O)CNC(=O)c3c4ccccc4nc4ccccc34)C2)N(C(=O)CNC(=O)c2c3ccccc3nc3ccccc23)C1. The van der Waals surface area contributed by atoms with Crippen LogP contribution in [0.1, 0.15) is 57.3 Å². The Hall–Kier alpha value is -11.4. The van der Waals surface area contributed by atoms with E-state index in [9.17, 15) is 47.9 Å². The molecule has 3 aliphatic rings. The molecule has 10 aromatic rings. The van der Waals surface area contributed by atoms with Crippen molar-refractivity contribution in [3.63, 3.8) is 0 Å². The highest BCUT2D eigenvalue weighted by atomic mass is 16.2. The number of hydrogen-bond donors (Lipinski definition) is 8. The first kappa shape index (κ1) is 58.6. The van der Waals surface area contributed by atoms with Crippen molar-refractivity contribution in [2.24, 2.45) is 5.73 Å². The molecule has 10 amide bonds. The molecule has 7 heterocycles. The third kappa shape index (κ3) is 11.3. The van der Waals surface area contributed by atoms with Crippen LogP contribution in [0, 0.1) is 0 Å². The van der Waals surface area contributed by atoms with E-state index in [1.807, 2.05) is 24.3 Å². The van der Waals surface area contributed by atoms with E-state index in [2.05, 4.69) is 36.9 Å². The van der Waals surface area contributed by atoms with Crippen LogP contribution in [0.2, 0.25) is 0 Å². The van der Waals surface area contributed by atoms with Gasteiger partial charge in [0, 0.05) is 82.5 Å². The number of benzene rings is 6. The average Bonchev–Trinajstić information content (AvgIpc) is 1.49. The molecular formula is C67H60N14O10. The van der Waals surface area contributed by atoms with E-state index in [0.717, 1.165) is 10.9 Å². The first-order valence-corrected chi connectivity index (χ1v) is 29.8. The number of pyridine rings is 3. The lowest BCUT2D eigenvalue weighted by Crippen LogP contribution is -2.52. The number of aromatic amines is 1. The number of para-hydroxylation sites is 6. The number of likely N-dealkylation sites (tertiary alicyclic amines) is 3. The minimum Gasteiger partial charge on any atom is -0.368 e. The van der Waals surface area contributed by atoms with Gasteiger partial charge in [-0.05, 0) is 55.7 Å². The summed E-state index contributed by atoms with van der Waals surface area (Å²) in [5.74, 6) is -6.32. The number of H-pyrrole nitrogens is 1. The third-order valence-electron chi connectivity index (χ3n) is 17.3. The summed E-state index contributed by atoms with van der Waals surface area (Å²) in [5, 5.41) is 20.4. The van der Waals surface area contributed by atoms with Gasteiger partial charge in [-0.15, -0.1) is 0 Å². The predicted molar refractivity (Wildman–Crippen MR) is 338 cm³/mol. The zero-order valence-corrected chi connectivity index (χ0v) is 49.0. The van der Waals surface area contributed by atoms with E-state index in [1.165, 1.54) is 21.6 Å². The first-order valence-electron chi connectivity index (χ1n) is 29.8. The molecule has 0 bridgehead atoms. The summed E-state index contributed by atoms with van der Waals surface area (Å²) in [6, 6.07) is 36.9. The van der Waals surface area contributed by atoms with Crippen LogP contribution in [-0.2, 0) is 33.6 Å². The summed E-state index contributed by atoms with van der Waals surface area (Å²) in [6.07, 6.45) is -0.289. The molecule has 6 atom stereocenters. The molecule has 3 saturated heterocycles. The Morgan fingerprint density at radius 1 is 0.429 bits per heavy atom. The summed E-state index contributed by atoms with van der Waals surface area (Å²) in [4.78, 5) is 162. The number of primary amides is 1. The molecule has 6 aromatic carbocycles. The molecular weight excluding hydrogens is 1160 g/mol. The lowest BCUT2D eigenvalue weighted by molar-refractivity contribution is -0.138. The zero-order valence-electron chi connectivity index (χ0n) is 49.0. The van der Waals surface area contributed by atoms with Crippen molar-refractivity contribution in [3.8, 4) is 0 Å². The molecule has 24 nitrogen and oxygen atoms in total. The number of carbonyl (C=O) groups excluding carboxylic acids is 10. The Labute approximate surface area is 517 Å². The van der Waals surface area contributed by atoms with Crippen LogP contribution in [0.5, 0.6) is 0 Å². The Bertz CT molecular complexity index is 4620. The first-order chi connectivity index (χ1) is 44.1. The molecule has 0 unspecified atom stereocenters. The highest BCUT2D eigenvalue weighted by Gasteiger charge is 2.46. The minimum absolute atomic E-state index is 0.00929. The number of nitrogens with one attached hydrogen (secondary N) is 7. The summed E-state index contributed by atoms with van der Waals surface area (Å²) in [7, 11) is 0. The van der Waals surface area contributed by atoms with Crippen LogP contribution in [0.15, 0.2) is 146 Å². The Morgan fingerprint density at radius 2 is 0.758 bits per heavy atom. The highest BCUT2D eigenvalue weighted by molar-refractivity contribution is 6.21. The smallest absolute Gasteiger partial charge is 0.254 e. The van der Waals surface area contributed by atoms with Gasteiger partial charge in [-0.1, -0.05) is 109 Å². The number of amides is 10. The van der Waals surface area contributed by atoms with Gasteiger partial charge in [0.2, 0.25) is 41.4 Å². The topological polar surface area (TPSA) is 333 Å². The summed E-state index contributed by atoms with van der Waals surface area (Å²) >= 11 is 0. The number of aromatic nitrogens is 4.